The van der Waals surface area contributed by atoms with E-state index < -0.39 is 28.5 Å². The Balaban J connectivity index is 2.46. The molecule has 2 rings (SSSR count). The van der Waals surface area contributed by atoms with Gasteiger partial charge in [-0.2, -0.15) is 0 Å². The summed E-state index contributed by atoms with van der Waals surface area (Å²) in [5, 5.41) is 2.53. The number of carbonyl (C=O) groups is 2. The Morgan fingerprint density at radius 2 is 1.73 bits per heavy atom. The first kappa shape index (κ1) is 26.5. The fourth-order valence-corrected chi connectivity index (χ4v) is 4.27. The lowest BCUT2D eigenvalue weighted by atomic mass is 10.1. The number of ether oxygens (including phenoxy) is 2. The molecule has 0 saturated heterocycles. The van der Waals surface area contributed by atoms with Crippen LogP contribution in [0.4, 0.5) is 5.69 Å². The van der Waals surface area contributed by atoms with Gasteiger partial charge in [-0.15, -0.1) is 0 Å². The molecule has 0 radical (unpaired) electrons. The number of halogens is 1. The van der Waals surface area contributed by atoms with Crippen molar-refractivity contribution >= 4 is 43.5 Å². The lowest BCUT2D eigenvalue weighted by Crippen LogP contribution is -2.50. The van der Waals surface area contributed by atoms with Crippen LogP contribution in [0, 0.1) is 0 Å². The van der Waals surface area contributed by atoms with Gasteiger partial charge in [-0.1, -0.05) is 28.1 Å². The zero-order valence-electron chi connectivity index (χ0n) is 19.2. The average molecular weight is 542 g/mol. The van der Waals surface area contributed by atoms with Crippen LogP contribution in [0.15, 0.2) is 46.9 Å². The lowest BCUT2D eigenvalue weighted by Gasteiger charge is -2.31. The van der Waals surface area contributed by atoms with Crippen LogP contribution in [0.1, 0.15) is 12.5 Å². The first-order chi connectivity index (χ1) is 15.5. The van der Waals surface area contributed by atoms with Crippen molar-refractivity contribution in [2.75, 3.05) is 38.4 Å². The van der Waals surface area contributed by atoms with Gasteiger partial charge in [0.25, 0.3) is 0 Å². The third kappa shape index (κ3) is 6.84. The number of nitrogens with zero attached hydrogens (tertiary/aromatic N) is 2. The van der Waals surface area contributed by atoms with Crippen LogP contribution < -0.4 is 19.1 Å². The quantitative estimate of drug-likeness (QED) is 0.495. The van der Waals surface area contributed by atoms with Crippen LogP contribution in [0.3, 0.4) is 0 Å². The van der Waals surface area contributed by atoms with Crippen molar-refractivity contribution in [2.45, 2.75) is 19.5 Å². The van der Waals surface area contributed by atoms with Crippen molar-refractivity contribution in [1.82, 2.24) is 10.2 Å². The van der Waals surface area contributed by atoms with Crippen LogP contribution in [0.5, 0.6) is 11.5 Å². The predicted molar refractivity (Wildman–Crippen MR) is 130 cm³/mol. The fraction of sp³-hybridized carbons (Fsp3) is 0.364. The molecule has 1 N–H and O–H groups in total. The van der Waals surface area contributed by atoms with E-state index in [1.165, 1.54) is 32.2 Å². The van der Waals surface area contributed by atoms with Crippen LogP contribution in [0.2, 0.25) is 0 Å². The summed E-state index contributed by atoms with van der Waals surface area (Å²) in [4.78, 5) is 27.1. The van der Waals surface area contributed by atoms with E-state index >= 15 is 0 Å². The zero-order valence-corrected chi connectivity index (χ0v) is 21.6. The standard InChI is InChI=1S/C22H28BrN3O6S/c1-15(22(28)24-2)25(13-16-6-8-17(23)9-7-16)21(27)14-26(33(5,29)30)19-12-18(31-3)10-11-20(19)32-4/h6-12,15H,13-14H2,1-5H3,(H,24,28)/t15-/m0/s1. The number of amides is 2. The topological polar surface area (TPSA) is 105 Å². The van der Waals surface area contributed by atoms with E-state index in [0.717, 1.165) is 20.6 Å². The van der Waals surface area contributed by atoms with Gasteiger partial charge in [-0.3, -0.25) is 13.9 Å². The number of benzene rings is 2. The summed E-state index contributed by atoms with van der Waals surface area (Å²) in [7, 11) is 0.441. The summed E-state index contributed by atoms with van der Waals surface area (Å²) in [5.41, 5.74) is 0.941. The number of carbonyl (C=O) groups excluding carboxylic acids is 2. The Hall–Kier alpha value is -2.79. The molecular weight excluding hydrogens is 514 g/mol. The predicted octanol–water partition coefficient (Wildman–Crippen LogP) is 2.40. The Kier molecular flexibility index (Phi) is 9.12. The number of hydrogen-bond donors (Lipinski definition) is 1. The fourth-order valence-electron chi connectivity index (χ4n) is 3.16. The van der Waals surface area contributed by atoms with Gasteiger partial charge >= 0.3 is 0 Å². The highest BCUT2D eigenvalue weighted by atomic mass is 79.9. The molecular formula is C22H28BrN3O6S. The Morgan fingerprint density at radius 1 is 1.09 bits per heavy atom. The summed E-state index contributed by atoms with van der Waals surface area (Å²) in [5.74, 6) is -0.264. The van der Waals surface area contributed by atoms with E-state index in [4.69, 9.17) is 9.47 Å². The summed E-state index contributed by atoms with van der Waals surface area (Å²) >= 11 is 3.37. The molecule has 33 heavy (non-hydrogen) atoms. The van der Waals surface area contributed by atoms with Gasteiger partial charge < -0.3 is 19.7 Å². The van der Waals surface area contributed by atoms with Crippen LogP contribution in [0.25, 0.3) is 0 Å². The number of likely N-dealkylation sites (N-methyl/N-ethyl adjacent to an activating group) is 1. The first-order valence-electron chi connectivity index (χ1n) is 9.97. The zero-order chi connectivity index (χ0) is 24.8. The highest BCUT2D eigenvalue weighted by Gasteiger charge is 2.31. The van der Waals surface area contributed by atoms with Gasteiger partial charge in [0.05, 0.1) is 26.2 Å². The molecule has 180 valence electrons. The third-order valence-corrected chi connectivity index (χ3v) is 6.67. The molecule has 0 aliphatic heterocycles. The molecule has 0 aliphatic rings. The molecule has 2 aromatic carbocycles. The Morgan fingerprint density at radius 3 is 2.24 bits per heavy atom. The number of sulfonamides is 1. The highest BCUT2D eigenvalue weighted by Crippen LogP contribution is 2.34. The molecule has 11 heteroatoms. The van der Waals surface area contributed by atoms with Crippen molar-refractivity contribution in [2.24, 2.45) is 0 Å². The summed E-state index contributed by atoms with van der Waals surface area (Å²) in [6.07, 6.45) is 1.00. The highest BCUT2D eigenvalue weighted by molar-refractivity contribution is 9.10. The largest absolute Gasteiger partial charge is 0.497 e. The molecule has 0 aromatic heterocycles. The van der Waals surface area contributed by atoms with E-state index in [1.54, 1.807) is 19.1 Å². The summed E-state index contributed by atoms with van der Waals surface area (Å²) in [6, 6.07) is 11.1. The normalized spacial score (nSPS) is 11.9. The number of nitrogens with one attached hydrogen (secondary N) is 1. The maximum atomic E-state index is 13.4. The molecule has 0 aliphatic carbocycles. The third-order valence-electron chi connectivity index (χ3n) is 5.01. The Bertz CT molecular complexity index is 1090. The van der Waals surface area contributed by atoms with Crippen molar-refractivity contribution in [1.29, 1.82) is 0 Å². The molecule has 2 amide bonds. The molecule has 0 fully saturated rings. The number of hydrogen-bond acceptors (Lipinski definition) is 6. The molecule has 2 aromatic rings. The average Bonchev–Trinajstić information content (AvgIpc) is 2.79. The lowest BCUT2D eigenvalue weighted by molar-refractivity contribution is -0.139. The molecule has 1 atom stereocenters. The van der Waals surface area contributed by atoms with Crippen LogP contribution in [-0.2, 0) is 26.2 Å². The second kappa shape index (κ2) is 11.4. The van der Waals surface area contributed by atoms with E-state index in [9.17, 15) is 18.0 Å². The van der Waals surface area contributed by atoms with E-state index in [2.05, 4.69) is 21.2 Å². The SMILES string of the molecule is CNC(=O)[C@H](C)N(Cc1ccc(Br)cc1)C(=O)CN(c1cc(OC)ccc1OC)S(C)(=O)=O. The number of rotatable bonds is 10. The molecule has 0 unspecified atom stereocenters. The maximum Gasteiger partial charge on any atom is 0.244 e. The first-order valence-corrected chi connectivity index (χ1v) is 12.6. The van der Waals surface area contributed by atoms with Crippen molar-refractivity contribution in [3.05, 3.63) is 52.5 Å². The minimum atomic E-state index is -3.89. The van der Waals surface area contributed by atoms with E-state index in [0.29, 0.717) is 5.75 Å². The minimum Gasteiger partial charge on any atom is -0.497 e. The van der Waals surface area contributed by atoms with Gasteiger partial charge in [0.1, 0.15) is 24.1 Å². The minimum absolute atomic E-state index is 0.119. The van der Waals surface area contributed by atoms with Crippen LogP contribution in [-0.4, -0.2) is 65.2 Å². The summed E-state index contributed by atoms with van der Waals surface area (Å²) in [6.45, 7) is 1.18. The monoisotopic (exact) mass is 541 g/mol. The Labute approximate surface area is 202 Å². The van der Waals surface area contributed by atoms with Crippen molar-refractivity contribution in [3.63, 3.8) is 0 Å². The molecule has 0 saturated carbocycles. The van der Waals surface area contributed by atoms with Gasteiger partial charge in [-0.05, 0) is 36.8 Å². The van der Waals surface area contributed by atoms with Gasteiger partial charge in [0.15, 0.2) is 0 Å². The van der Waals surface area contributed by atoms with Gasteiger partial charge in [-0.25, -0.2) is 8.42 Å². The van der Waals surface area contributed by atoms with Crippen LogP contribution >= 0.6 is 15.9 Å². The van der Waals surface area contributed by atoms with Crippen molar-refractivity contribution < 1.29 is 27.5 Å². The van der Waals surface area contributed by atoms with E-state index in [-0.39, 0.29) is 23.9 Å². The van der Waals surface area contributed by atoms with Crippen molar-refractivity contribution in [3.8, 4) is 11.5 Å². The molecule has 9 nitrogen and oxygen atoms in total. The maximum absolute atomic E-state index is 13.4. The molecule has 0 spiro atoms. The molecule has 0 heterocycles. The van der Waals surface area contributed by atoms with Gasteiger partial charge in [0.2, 0.25) is 21.8 Å². The summed E-state index contributed by atoms with van der Waals surface area (Å²) < 4.78 is 37.7. The smallest absolute Gasteiger partial charge is 0.244 e. The number of methoxy groups -OCH3 is 2. The second-order valence-electron chi connectivity index (χ2n) is 7.25. The number of anilines is 1. The molecule has 0 bridgehead atoms. The van der Waals surface area contributed by atoms with Gasteiger partial charge in [0, 0.05) is 24.1 Å². The van der Waals surface area contributed by atoms with E-state index in [1.807, 2.05) is 24.3 Å². The second-order valence-corrected chi connectivity index (χ2v) is 10.1.